The zero-order valence-corrected chi connectivity index (χ0v) is 14.8. The molecule has 5 heteroatoms. The summed E-state index contributed by atoms with van der Waals surface area (Å²) in [6.45, 7) is 0.750. The number of nitrogens with zero attached hydrogens (tertiary/aromatic N) is 1. The molecule has 0 fully saturated rings. The Bertz CT molecular complexity index is 792. The van der Waals surface area contributed by atoms with Crippen LogP contribution >= 0.6 is 0 Å². The molecule has 0 amide bonds. The van der Waals surface area contributed by atoms with E-state index in [1.807, 2.05) is 18.2 Å². The molecule has 132 valence electrons. The second kappa shape index (κ2) is 6.11. The summed E-state index contributed by atoms with van der Waals surface area (Å²) in [5, 5.41) is 10.6. The third-order valence-corrected chi connectivity index (χ3v) is 5.47. The smallest absolute Gasteiger partial charge is 0.353 e. The van der Waals surface area contributed by atoms with Gasteiger partial charge in [0.1, 0.15) is 5.75 Å². The maximum absolute atomic E-state index is 10.6. The summed E-state index contributed by atoms with van der Waals surface area (Å²) in [5.74, 6) is 0.315. The molecular formula is C20H23NO4. The molecule has 0 saturated heterocycles. The molecule has 2 aromatic carbocycles. The lowest BCUT2D eigenvalue weighted by atomic mass is 9.76. The van der Waals surface area contributed by atoms with Crippen molar-refractivity contribution in [3.8, 4) is 16.9 Å². The number of rotatable bonds is 4. The largest absolute Gasteiger partial charge is 0.507 e. The van der Waals surface area contributed by atoms with E-state index in [0.717, 1.165) is 36.1 Å². The van der Waals surface area contributed by atoms with Crippen molar-refractivity contribution in [1.82, 2.24) is 4.90 Å². The van der Waals surface area contributed by atoms with Crippen molar-refractivity contribution in [2.45, 2.75) is 25.0 Å². The summed E-state index contributed by atoms with van der Waals surface area (Å²) in [6, 6.07) is 12.1. The van der Waals surface area contributed by atoms with Crippen LogP contribution in [0, 0.1) is 0 Å². The predicted molar refractivity (Wildman–Crippen MR) is 94.2 cm³/mol. The Morgan fingerprint density at radius 3 is 2.44 bits per heavy atom. The number of phenolic OH excluding ortho intramolecular Hbond substituents is 1. The van der Waals surface area contributed by atoms with Gasteiger partial charge in [0.25, 0.3) is 0 Å². The van der Waals surface area contributed by atoms with Crippen molar-refractivity contribution in [1.29, 1.82) is 0 Å². The minimum atomic E-state index is -1.24. The van der Waals surface area contributed by atoms with Gasteiger partial charge >= 0.3 is 6.10 Å². The molecule has 0 spiro atoms. The van der Waals surface area contributed by atoms with Crippen LogP contribution in [0.5, 0.6) is 5.75 Å². The van der Waals surface area contributed by atoms with Crippen LogP contribution in [0.2, 0.25) is 0 Å². The van der Waals surface area contributed by atoms with Crippen LogP contribution in [0.15, 0.2) is 36.4 Å². The van der Waals surface area contributed by atoms with Crippen LogP contribution in [0.25, 0.3) is 11.1 Å². The summed E-state index contributed by atoms with van der Waals surface area (Å²) in [7, 11) is 4.76. The van der Waals surface area contributed by atoms with Crippen molar-refractivity contribution in [3.63, 3.8) is 0 Å². The highest BCUT2D eigenvalue weighted by Crippen LogP contribution is 2.50. The minimum Gasteiger partial charge on any atom is -0.507 e. The average Bonchev–Trinajstić information content (AvgIpc) is 2.66. The first-order valence-corrected chi connectivity index (χ1v) is 8.50. The van der Waals surface area contributed by atoms with Gasteiger partial charge in [-0.05, 0) is 41.2 Å². The van der Waals surface area contributed by atoms with E-state index in [2.05, 4.69) is 17.0 Å². The normalized spacial score (nSPS) is 19.4. The first-order chi connectivity index (χ1) is 12.1. The van der Waals surface area contributed by atoms with Gasteiger partial charge in [0, 0.05) is 39.5 Å². The third-order valence-electron chi connectivity index (χ3n) is 5.47. The van der Waals surface area contributed by atoms with E-state index in [1.54, 1.807) is 27.4 Å². The standard InChI is InChI=1S/C20H23NO4/c1-23-20(24-2,25-3)21-11-10-13-8-9-17(22)19-15-7-5-4-6-14(15)12-16(21)18(13)19/h4-9,16,22H,10-12H2,1-3H3. The Kier molecular flexibility index (Phi) is 4.04. The van der Waals surface area contributed by atoms with Gasteiger partial charge in [0.15, 0.2) is 0 Å². The van der Waals surface area contributed by atoms with Crippen LogP contribution in [0.4, 0.5) is 0 Å². The number of methoxy groups -OCH3 is 3. The van der Waals surface area contributed by atoms with Gasteiger partial charge in [-0.3, -0.25) is 0 Å². The molecule has 1 aliphatic heterocycles. The van der Waals surface area contributed by atoms with Crippen molar-refractivity contribution >= 4 is 0 Å². The summed E-state index contributed by atoms with van der Waals surface area (Å²) in [4.78, 5) is 2.11. The SMILES string of the molecule is COC(OC)(OC)N1CCc2ccc(O)c3c2C1Cc1ccccc1-3. The predicted octanol–water partition coefficient (Wildman–Crippen LogP) is 3.07. The van der Waals surface area contributed by atoms with Gasteiger partial charge in [-0.25, -0.2) is 4.90 Å². The second-order valence-electron chi connectivity index (χ2n) is 6.49. The van der Waals surface area contributed by atoms with Gasteiger partial charge < -0.3 is 19.3 Å². The number of aromatic hydroxyl groups is 1. The van der Waals surface area contributed by atoms with Gasteiger partial charge in [-0.1, -0.05) is 30.3 Å². The molecule has 4 rings (SSSR count). The summed E-state index contributed by atoms with van der Waals surface area (Å²) in [6.07, 6.45) is 0.425. The molecule has 1 atom stereocenters. The van der Waals surface area contributed by atoms with Crippen LogP contribution < -0.4 is 0 Å². The van der Waals surface area contributed by atoms with Crippen molar-refractivity contribution in [3.05, 3.63) is 53.1 Å². The molecule has 1 heterocycles. The Morgan fingerprint density at radius 2 is 1.72 bits per heavy atom. The molecule has 1 N–H and O–H groups in total. The lowest BCUT2D eigenvalue weighted by molar-refractivity contribution is -0.432. The minimum absolute atomic E-state index is 0.0144. The van der Waals surface area contributed by atoms with E-state index < -0.39 is 6.10 Å². The topological polar surface area (TPSA) is 51.2 Å². The van der Waals surface area contributed by atoms with Crippen LogP contribution in [0.1, 0.15) is 22.7 Å². The Hall–Kier alpha value is -1.92. The van der Waals surface area contributed by atoms with Gasteiger partial charge in [0.2, 0.25) is 0 Å². The monoisotopic (exact) mass is 341 g/mol. The zero-order valence-electron chi connectivity index (χ0n) is 14.8. The van der Waals surface area contributed by atoms with Crippen molar-refractivity contribution in [2.24, 2.45) is 0 Å². The molecule has 2 aromatic rings. The fourth-order valence-electron chi connectivity index (χ4n) is 4.38. The Labute approximate surface area is 147 Å². The molecule has 0 saturated carbocycles. The first kappa shape index (κ1) is 16.5. The van der Waals surface area contributed by atoms with Crippen LogP contribution in [-0.2, 0) is 27.1 Å². The average molecular weight is 341 g/mol. The Morgan fingerprint density at radius 1 is 1.00 bits per heavy atom. The molecule has 1 unspecified atom stereocenters. The maximum Gasteiger partial charge on any atom is 0.353 e. The van der Waals surface area contributed by atoms with Crippen LogP contribution in [-0.4, -0.2) is 44.0 Å². The number of benzene rings is 2. The molecule has 0 aromatic heterocycles. The van der Waals surface area contributed by atoms with E-state index in [4.69, 9.17) is 14.2 Å². The lowest BCUT2D eigenvalue weighted by Crippen LogP contribution is -2.57. The number of ether oxygens (including phenoxy) is 3. The number of hydrogen-bond donors (Lipinski definition) is 1. The molecule has 25 heavy (non-hydrogen) atoms. The van der Waals surface area contributed by atoms with Gasteiger partial charge in [-0.2, -0.15) is 0 Å². The first-order valence-electron chi connectivity index (χ1n) is 8.50. The second-order valence-corrected chi connectivity index (χ2v) is 6.49. The molecule has 0 radical (unpaired) electrons. The molecule has 2 aliphatic rings. The summed E-state index contributed by atoms with van der Waals surface area (Å²) < 4.78 is 16.9. The molecule has 1 aliphatic carbocycles. The fourth-order valence-corrected chi connectivity index (χ4v) is 4.38. The highest BCUT2D eigenvalue weighted by Gasteiger charge is 2.47. The maximum atomic E-state index is 10.6. The van der Waals surface area contributed by atoms with Gasteiger partial charge in [-0.15, -0.1) is 0 Å². The van der Waals surface area contributed by atoms with Gasteiger partial charge in [0.05, 0.1) is 0 Å². The highest BCUT2D eigenvalue weighted by molar-refractivity contribution is 5.80. The number of fused-ring (bicyclic) bond motifs is 2. The van der Waals surface area contributed by atoms with Crippen molar-refractivity contribution in [2.75, 3.05) is 27.9 Å². The molecular weight excluding hydrogens is 318 g/mol. The molecule has 5 nitrogen and oxygen atoms in total. The zero-order chi connectivity index (χ0) is 17.6. The summed E-state index contributed by atoms with van der Waals surface area (Å²) >= 11 is 0. The Balaban J connectivity index is 1.93. The van der Waals surface area contributed by atoms with E-state index in [9.17, 15) is 5.11 Å². The third kappa shape index (κ3) is 2.31. The van der Waals surface area contributed by atoms with Crippen molar-refractivity contribution < 1.29 is 19.3 Å². The van der Waals surface area contributed by atoms with E-state index in [-0.39, 0.29) is 6.04 Å². The van der Waals surface area contributed by atoms with E-state index in [1.165, 1.54) is 11.1 Å². The quantitative estimate of drug-likeness (QED) is 0.866. The number of phenols is 1. The van der Waals surface area contributed by atoms with Crippen LogP contribution in [0.3, 0.4) is 0 Å². The summed E-state index contributed by atoms with van der Waals surface area (Å²) in [5.41, 5.74) is 5.65. The molecule has 0 bridgehead atoms. The lowest BCUT2D eigenvalue weighted by Gasteiger charge is -2.48. The highest BCUT2D eigenvalue weighted by atomic mass is 16.9. The number of hydrogen-bond acceptors (Lipinski definition) is 5. The van der Waals surface area contributed by atoms with E-state index in [0.29, 0.717) is 5.75 Å². The van der Waals surface area contributed by atoms with E-state index >= 15 is 0 Å². The fraction of sp³-hybridized carbons (Fsp3) is 0.400.